The van der Waals surface area contributed by atoms with Gasteiger partial charge in [-0.1, -0.05) is 0 Å². The number of carboxylic acid groups (broad SMARTS) is 1. The first-order chi connectivity index (χ1) is 12.1. The van der Waals surface area contributed by atoms with E-state index in [0.717, 1.165) is 12.1 Å². The molecule has 0 heterocycles. The molecule has 3 amide bonds. The molecule has 26 heavy (non-hydrogen) atoms. The van der Waals surface area contributed by atoms with Gasteiger partial charge in [-0.05, 0) is 24.3 Å². The van der Waals surface area contributed by atoms with Crippen LogP contribution in [-0.2, 0) is 24.4 Å². The molecule has 0 saturated carbocycles. The summed E-state index contributed by atoms with van der Waals surface area (Å²) in [5.74, 6) is -2.88. The van der Waals surface area contributed by atoms with Crippen molar-refractivity contribution in [2.24, 2.45) is 5.14 Å². The minimum atomic E-state index is -3.86. The third kappa shape index (κ3) is 7.72. The lowest BCUT2D eigenvalue weighted by molar-refractivity contribution is -0.137. The molecule has 0 aliphatic rings. The van der Waals surface area contributed by atoms with Crippen LogP contribution in [0.1, 0.15) is 16.8 Å². The number of benzene rings is 1. The van der Waals surface area contributed by atoms with Gasteiger partial charge in [-0.2, -0.15) is 0 Å². The van der Waals surface area contributed by atoms with E-state index in [9.17, 15) is 27.6 Å². The molecule has 0 atom stereocenters. The minimum absolute atomic E-state index is 0.0602. The highest BCUT2D eigenvalue weighted by molar-refractivity contribution is 7.89. The van der Waals surface area contributed by atoms with Crippen molar-refractivity contribution < 1.29 is 32.7 Å². The van der Waals surface area contributed by atoms with Crippen LogP contribution in [0, 0.1) is 0 Å². The van der Waals surface area contributed by atoms with Gasteiger partial charge in [0.25, 0.3) is 5.91 Å². The number of hydrogen-bond acceptors (Lipinski definition) is 6. The SMILES string of the molecule is NS(=O)(=O)c1ccc(C(=O)NCC(=O)NCC(=O)NCCC(=O)O)cc1. The number of nitrogens with two attached hydrogens (primary N) is 1. The first kappa shape index (κ1) is 21.1. The zero-order valence-corrected chi connectivity index (χ0v) is 14.3. The zero-order valence-electron chi connectivity index (χ0n) is 13.5. The topological polar surface area (TPSA) is 185 Å². The second kappa shape index (κ2) is 9.48. The van der Waals surface area contributed by atoms with Gasteiger partial charge >= 0.3 is 5.97 Å². The van der Waals surface area contributed by atoms with Gasteiger partial charge in [0, 0.05) is 12.1 Å². The fourth-order valence-electron chi connectivity index (χ4n) is 1.67. The van der Waals surface area contributed by atoms with Crippen LogP contribution in [0.25, 0.3) is 0 Å². The number of sulfonamides is 1. The predicted molar refractivity (Wildman–Crippen MR) is 88.4 cm³/mol. The molecule has 0 spiro atoms. The smallest absolute Gasteiger partial charge is 0.305 e. The Morgan fingerprint density at radius 3 is 2.00 bits per heavy atom. The summed E-state index contributed by atoms with van der Waals surface area (Å²) in [4.78, 5) is 44.9. The van der Waals surface area contributed by atoms with Gasteiger partial charge < -0.3 is 21.1 Å². The van der Waals surface area contributed by atoms with E-state index in [0.29, 0.717) is 0 Å². The van der Waals surface area contributed by atoms with Gasteiger partial charge in [0.15, 0.2) is 0 Å². The highest BCUT2D eigenvalue weighted by Crippen LogP contribution is 2.08. The minimum Gasteiger partial charge on any atom is -0.481 e. The van der Waals surface area contributed by atoms with E-state index in [2.05, 4.69) is 16.0 Å². The summed E-state index contributed by atoms with van der Waals surface area (Å²) < 4.78 is 22.2. The monoisotopic (exact) mass is 386 g/mol. The lowest BCUT2D eigenvalue weighted by Crippen LogP contribution is -2.42. The molecule has 12 heteroatoms. The molecule has 0 radical (unpaired) electrons. The summed E-state index contributed by atoms with van der Waals surface area (Å²) >= 11 is 0. The van der Waals surface area contributed by atoms with E-state index >= 15 is 0 Å². The van der Waals surface area contributed by atoms with Crippen LogP contribution in [0.15, 0.2) is 29.2 Å². The van der Waals surface area contributed by atoms with E-state index in [1.807, 2.05) is 0 Å². The Balaban J connectivity index is 2.37. The van der Waals surface area contributed by atoms with E-state index < -0.39 is 40.3 Å². The van der Waals surface area contributed by atoms with Crippen molar-refractivity contribution in [2.75, 3.05) is 19.6 Å². The van der Waals surface area contributed by atoms with Crippen molar-refractivity contribution >= 4 is 33.7 Å². The molecular formula is C14H18N4O7S. The van der Waals surface area contributed by atoms with Gasteiger partial charge in [0.1, 0.15) is 0 Å². The molecule has 0 saturated heterocycles. The second-order valence-corrected chi connectivity index (χ2v) is 6.58. The van der Waals surface area contributed by atoms with E-state index in [-0.39, 0.29) is 30.0 Å². The second-order valence-electron chi connectivity index (χ2n) is 5.02. The quantitative estimate of drug-likeness (QED) is 0.318. The average Bonchev–Trinajstić information content (AvgIpc) is 2.56. The normalized spacial score (nSPS) is 10.7. The number of carbonyl (C=O) groups is 4. The first-order valence-electron chi connectivity index (χ1n) is 7.26. The number of primary sulfonamides is 1. The molecule has 0 aliphatic heterocycles. The summed E-state index contributed by atoms with van der Waals surface area (Å²) in [6.07, 6.45) is -0.236. The first-order valence-corrected chi connectivity index (χ1v) is 8.80. The number of hydrogen-bond donors (Lipinski definition) is 5. The van der Waals surface area contributed by atoms with Crippen molar-refractivity contribution in [3.8, 4) is 0 Å². The largest absolute Gasteiger partial charge is 0.481 e. The van der Waals surface area contributed by atoms with E-state index in [1.54, 1.807) is 0 Å². The summed E-state index contributed by atoms with van der Waals surface area (Å²) in [7, 11) is -3.86. The Morgan fingerprint density at radius 2 is 1.46 bits per heavy atom. The van der Waals surface area contributed by atoms with Crippen LogP contribution < -0.4 is 21.1 Å². The lowest BCUT2D eigenvalue weighted by Gasteiger charge is -2.08. The molecule has 1 rings (SSSR count). The molecular weight excluding hydrogens is 368 g/mol. The van der Waals surface area contributed by atoms with E-state index in [4.69, 9.17) is 10.2 Å². The highest BCUT2D eigenvalue weighted by Gasteiger charge is 2.12. The maximum atomic E-state index is 11.8. The molecule has 142 valence electrons. The molecule has 1 aromatic rings. The fourth-order valence-corrected chi connectivity index (χ4v) is 2.19. The van der Waals surface area contributed by atoms with Crippen molar-refractivity contribution in [1.29, 1.82) is 0 Å². The lowest BCUT2D eigenvalue weighted by atomic mass is 10.2. The van der Waals surface area contributed by atoms with Crippen LogP contribution in [-0.4, -0.2) is 56.8 Å². The number of amides is 3. The van der Waals surface area contributed by atoms with Crippen LogP contribution in [0.4, 0.5) is 0 Å². The Kier molecular flexibility index (Phi) is 7.68. The number of carbonyl (C=O) groups excluding carboxylic acids is 3. The van der Waals surface area contributed by atoms with E-state index in [1.165, 1.54) is 12.1 Å². The number of rotatable bonds is 9. The third-order valence-electron chi connectivity index (χ3n) is 2.96. The molecule has 11 nitrogen and oxygen atoms in total. The average molecular weight is 386 g/mol. The summed E-state index contributed by atoms with van der Waals surface area (Å²) in [5, 5.41) is 20.2. The van der Waals surface area contributed by atoms with Crippen molar-refractivity contribution in [3.05, 3.63) is 29.8 Å². The summed E-state index contributed by atoms with van der Waals surface area (Å²) in [6.45, 7) is -0.829. The van der Waals surface area contributed by atoms with Crippen molar-refractivity contribution in [2.45, 2.75) is 11.3 Å². The van der Waals surface area contributed by atoms with Crippen LogP contribution >= 0.6 is 0 Å². The van der Waals surface area contributed by atoms with Crippen molar-refractivity contribution in [1.82, 2.24) is 16.0 Å². The standard InChI is InChI=1S/C14H18N4O7S/c15-26(24,25)10-3-1-9(2-4-10)14(23)18-8-12(20)17-7-11(19)16-6-5-13(21)22/h1-4H,5-8H2,(H,16,19)(H,17,20)(H,18,23)(H,21,22)(H2,15,24,25). The molecule has 0 fully saturated rings. The number of aliphatic carboxylic acids is 1. The van der Waals surface area contributed by atoms with Gasteiger partial charge in [-0.15, -0.1) is 0 Å². The Bertz CT molecular complexity index is 790. The Labute approximate surface area is 149 Å². The number of carboxylic acids is 1. The molecule has 0 aliphatic carbocycles. The molecule has 6 N–H and O–H groups in total. The van der Waals surface area contributed by atoms with Crippen LogP contribution in [0.3, 0.4) is 0 Å². The zero-order chi connectivity index (χ0) is 19.7. The fraction of sp³-hybridized carbons (Fsp3) is 0.286. The third-order valence-corrected chi connectivity index (χ3v) is 3.89. The van der Waals surface area contributed by atoms with Crippen molar-refractivity contribution in [3.63, 3.8) is 0 Å². The van der Waals surface area contributed by atoms with Gasteiger partial charge in [0.05, 0.1) is 24.4 Å². The van der Waals surface area contributed by atoms with Gasteiger partial charge in [-0.25, -0.2) is 13.6 Å². The molecule has 0 aromatic heterocycles. The van der Waals surface area contributed by atoms with Gasteiger partial charge in [0.2, 0.25) is 21.8 Å². The van der Waals surface area contributed by atoms with Gasteiger partial charge in [-0.3, -0.25) is 19.2 Å². The Morgan fingerprint density at radius 1 is 0.923 bits per heavy atom. The Hall–Kier alpha value is -2.99. The maximum absolute atomic E-state index is 11.8. The highest BCUT2D eigenvalue weighted by atomic mass is 32.2. The molecule has 1 aromatic carbocycles. The molecule has 0 bridgehead atoms. The van der Waals surface area contributed by atoms with Crippen LogP contribution in [0.2, 0.25) is 0 Å². The summed E-state index contributed by atoms with van der Waals surface area (Å²) in [5.41, 5.74) is 0.122. The maximum Gasteiger partial charge on any atom is 0.305 e. The van der Waals surface area contributed by atoms with Crippen LogP contribution in [0.5, 0.6) is 0 Å². The molecule has 0 unspecified atom stereocenters. The predicted octanol–water partition coefficient (Wildman–Crippen LogP) is -2.23. The number of nitrogens with one attached hydrogen (secondary N) is 3. The summed E-state index contributed by atoms with van der Waals surface area (Å²) in [6, 6.07) is 4.79.